The van der Waals surface area contributed by atoms with Crippen LogP contribution in [0.5, 0.6) is 0 Å². The highest BCUT2D eigenvalue weighted by Gasteiger charge is 2.13. The fourth-order valence-electron chi connectivity index (χ4n) is 1.83. The van der Waals surface area contributed by atoms with Crippen LogP contribution >= 0.6 is 11.3 Å². The van der Waals surface area contributed by atoms with Crippen molar-refractivity contribution in [2.45, 2.75) is 19.9 Å². The summed E-state index contributed by atoms with van der Waals surface area (Å²) in [6, 6.07) is 3.92. The quantitative estimate of drug-likeness (QED) is 0.844. The highest BCUT2D eigenvalue weighted by atomic mass is 32.1. The van der Waals surface area contributed by atoms with Gasteiger partial charge in [0.15, 0.2) is 5.76 Å². The second kappa shape index (κ2) is 6.49. The standard InChI is InChI=1S/C13H16N2O3S/c1-2-5-15(9-13(16)17)8-12-14-7-10(18-12)11-4-3-6-19-11/h3-4,6-7H,2,5,8-9H2,1H3,(H,16,17). The molecule has 2 heterocycles. The molecule has 0 amide bonds. The smallest absolute Gasteiger partial charge is 0.317 e. The molecule has 6 heteroatoms. The van der Waals surface area contributed by atoms with E-state index < -0.39 is 5.97 Å². The maximum atomic E-state index is 10.8. The lowest BCUT2D eigenvalue weighted by Crippen LogP contribution is -2.30. The highest BCUT2D eigenvalue weighted by Crippen LogP contribution is 2.25. The van der Waals surface area contributed by atoms with Crippen LogP contribution in [0.4, 0.5) is 0 Å². The molecule has 0 radical (unpaired) electrons. The first-order valence-corrected chi connectivity index (χ1v) is 6.99. The maximum absolute atomic E-state index is 10.8. The third-order valence-electron chi connectivity index (χ3n) is 2.58. The number of carboxylic acid groups (broad SMARTS) is 1. The summed E-state index contributed by atoms with van der Waals surface area (Å²) in [5.74, 6) is 0.452. The van der Waals surface area contributed by atoms with Gasteiger partial charge in [0.1, 0.15) is 0 Å². The first-order valence-electron chi connectivity index (χ1n) is 6.11. The average Bonchev–Trinajstić information content (AvgIpc) is 2.97. The Labute approximate surface area is 115 Å². The number of oxazole rings is 1. The molecule has 2 rings (SSSR count). The Morgan fingerprint density at radius 1 is 1.58 bits per heavy atom. The van der Waals surface area contributed by atoms with E-state index in [-0.39, 0.29) is 6.54 Å². The van der Waals surface area contributed by atoms with E-state index in [1.54, 1.807) is 17.5 Å². The van der Waals surface area contributed by atoms with Crippen molar-refractivity contribution >= 4 is 17.3 Å². The molecule has 0 aliphatic carbocycles. The van der Waals surface area contributed by atoms with E-state index in [1.165, 1.54) is 0 Å². The van der Waals surface area contributed by atoms with Gasteiger partial charge in [0.05, 0.1) is 24.2 Å². The Morgan fingerprint density at radius 2 is 2.42 bits per heavy atom. The Kier molecular flexibility index (Phi) is 4.70. The lowest BCUT2D eigenvalue weighted by atomic mass is 10.4. The number of nitrogens with zero attached hydrogens (tertiary/aromatic N) is 2. The van der Waals surface area contributed by atoms with Gasteiger partial charge in [-0.15, -0.1) is 11.3 Å². The van der Waals surface area contributed by atoms with E-state index in [1.807, 2.05) is 29.3 Å². The zero-order valence-corrected chi connectivity index (χ0v) is 11.5. The van der Waals surface area contributed by atoms with Crippen molar-refractivity contribution in [3.05, 3.63) is 29.6 Å². The minimum atomic E-state index is -0.835. The number of rotatable bonds is 7. The van der Waals surface area contributed by atoms with Gasteiger partial charge in [-0.2, -0.15) is 0 Å². The first-order chi connectivity index (χ1) is 9.19. The summed E-state index contributed by atoms with van der Waals surface area (Å²) >= 11 is 1.59. The van der Waals surface area contributed by atoms with Crippen LogP contribution in [0, 0.1) is 0 Å². The van der Waals surface area contributed by atoms with Crippen molar-refractivity contribution in [2.24, 2.45) is 0 Å². The van der Waals surface area contributed by atoms with Gasteiger partial charge in [-0.05, 0) is 24.4 Å². The van der Waals surface area contributed by atoms with Crippen LogP contribution in [0.1, 0.15) is 19.2 Å². The minimum Gasteiger partial charge on any atom is -0.480 e. The molecule has 0 unspecified atom stereocenters. The van der Waals surface area contributed by atoms with Gasteiger partial charge in [-0.25, -0.2) is 4.98 Å². The molecule has 0 spiro atoms. The number of aromatic nitrogens is 1. The van der Waals surface area contributed by atoms with Crippen LogP contribution in [0.2, 0.25) is 0 Å². The molecule has 0 atom stereocenters. The molecule has 0 fully saturated rings. The Hall–Kier alpha value is -1.66. The minimum absolute atomic E-state index is 0.00452. The predicted octanol–water partition coefficient (Wildman–Crippen LogP) is 2.70. The summed E-state index contributed by atoms with van der Waals surface area (Å²) in [5.41, 5.74) is 0. The van der Waals surface area contributed by atoms with E-state index in [4.69, 9.17) is 9.52 Å². The summed E-state index contributed by atoms with van der Waals surface area (Å²) < 4.78 is 5.65. The van der Waals surface area contributed by atoms with Gasteiger partial charge in [0, 0.05) is 0 Å². The fourth-order valence-corrected chi connectivity index (χ4v) is 2.50. The van der Waals surface area contributed by atoms with Crippen molar-refractivity contribution in [3.8, 4) is 10.6 Å². The predicted molar refractivity (Wildman–Crippen MR) is 73.0 cm³/mol. The molecular formula is C13H16N2O3S. The first kappa shape index (κ1) is 13.8. The zero-order valence-electron chi connectivity index (χ0n) is 10.7. The van der Waals surface area contributed by atoms with Crippen LogP contribution < -0.4 is 0 Å². The monoisotopic (exact) mass is 280 g/mol. The Bertz CT molecular complexity index is 522. The van der Waals surface area contributed by atoms with E-state index in [9.17, 15) is 4.79 Å². The van der Waals surface area contributed by atoms with E-state index in [0.717, 1.165) is 17.1 Å². The average molecular weight is 280 g/mol. The summed E-state index contributed by atoms with van der Waals surface area (Å²) in [5, 5.41) is 10.8. The molecule has 2 aromatic rings. The second-order valence-corrected chi connectivity index (χ2v) is 5.15. The molecule has 0 saturated heterocycles. The van der Waals surface area contributed by atoms with Crippen molar-refractivity contribution < 1.29 is 14.3 Å². The molecule has 0 bridgehead atoms. The van der Waals surface area contributed by atoms with Crippen LogP contribution in [-0.4, -0.2) is 34.0 Å². The van der Waals surface area contributed by atoms with Crippen molar-refractivity contribution in [2.75, 3.05) is 13.1 Å². The number of hydrogen-bond acceptors (Lipinski definition) is 5. The maximum Gasteiger partial charge on any atom is 0.317 e. The van der Waals surface area contributed by atoms with E-state index in [0.29, 0.717) is 19.0 Å². The van der Waals surface area contributed by atoms with Crippen molar-refractivity contribution in [1.82, 2.24) is 9.88 Å². The molecule has 5 nitrogen and oxygen atoms in total. The summed E-state index contributed by atoms with van der Waals surface area (Å²) in [6.45, 7) is 3.15. The van der Waals surface area contributed by atoms with Crippen LogP contribution in [0.15, 0.2) is 28.1 Å². The SMILES string of the molecule is CCCN(CC(=O)O)Cc1ncc(-c2cccs2)o1. The van der Waals surface area contributed by atoms with Crippen LogP contribution in [0.25, 0.3) is 10.6 Å². The number of aliphatic carboxylic acids is 1. The largest absolute Gasteiger partial charge is 0.480 e. The van der Waals surface area contributed by atoms with Gasteiger partial charge in [-0.1, -0.05) is 13.0 Å². The zero-order chi connectivity index (χ0) is 13.7. The lowest BCUT2D eigenvalue weighted by Gasteiger charge is -2.16. The molecule has 0 saturated carbocycles. The normalized spacial score (nSPS) is 11.1. The molecular weight excluding hydrogens is 264 g/mol. The molecule has 0 aliphatic heterocycles. The van der Waals surface area contributed by atoms with Gasteiger partial charge in [0.25, 0.3) is 0 Å². The highest BCUT2D eigenvalue weighted by molar-refractivity contribution is 7.13. The summed E-state index contributed by atoms with van der Waals surface area (Å²) in [4.78, 5) is 17.8. The third kappa shape index (κ3) is 3.90. The summed E-state index contributed by atoms with van der Waals surface area (Å²) in [7, 11) is 0. The molecule has 0 aliphatic rings. The van der Waals surface area contributed by atoms with Gasteiger partial charge >= 0.3 is 5.97 Å². The van der Waals surface area contributed by atoms with Crippen LogP contribution in [-0.2, 0) is 11.3 Å². The van der Waals surface area contributed by atoms with Crippen LogP contribution in [0.3, 0.4) is 0 Å². The topological polar surface area (TPSA) is 66.6 Å². The molecule has 0 aromatic carbocycles. The fraction of sp³-hybridized carbons (Fsp3) is 0.385. The van der Waals surface area contributed by atoms with Crippen molar-refractivity contribution in [1.29, 1.82) is 0 Å². The van der Waals surface area contributed by atoms with E-state index in [2.05, 4.69) is 4.98 Å². The van der Waals surface area contributed by atoms with Gasteiger partial charge in [0.2, 0.25) is 5.89 Å². The molecule has 19 heavy (non-hydrogen) atoms. The van der Waals surface area contributed by atoms with Crippen molar-refractivity contribution in [3.63, 3.8) is 0 Å². The molecule has 102 valence electrons. The number of carbonyl (C=O) groups is 1. The number of carboxylic acids is 1. The number of hydrogen-bond donors (Lipinski definition) is 1. The van der Waals surface area contributed by atoms with Gasteiger partial charge in [-0.3, -0.25) is 9.69 Å². The Balaban J connectivity index is 2.03. The lowest BCUT2D eigenvalue weighted by molar-refractivity contribution is -0.138. The summed E-state index contributed by atoms with van der Waals surface area (Å²) in [6.07, 6.45) is 2.58. The molecule has 1 N–H and O–H groups in total. The second-order valence-electron chi connectivity index (χ2n) is 4.20. The van der Waals surface area contributed by atoms with E-state index >= 15 is 0 Å². The molecule has 2 aromatic heterocycles. The Morgan fingerprint density at radius 3 is 3.05 bits per heavy atom. The van der Waals surface area contributed by atoms with Gasteiger partial charge < -0.3 is 9.52 Å². The third-order valence-corrected chi connectivity index (χ3v) is 3.46. The number of thiophene rings is 1.